The number of benzene rings is 1. The van der Waals surface area contributed by atoms with Gasteiger partial charge >= 0.3 is 0 Å². The summed E-state index contributed by atoms with van der Waals surface area (Å²) in [4.78, 5) is 4.31. The third kappa shape index (κ3) is 1.78. The van der Waals surface area contributed by atoms with Crippen LogP contribution < -0.4 is 5.73 Å². The van der Waals surface area contributed by atoms with E-state index in [2.05, 4.69) is 24.9 Å². The third-order valence-electron chi connectivity index (χ3n) is 2.60. The normalized spacial score (nSPS) is 10.6. The molecule has 78 valence electrons. The molecule has 0 bridgehead atoms. The minimum absolute atomic E-state index is 0.411. The monoisotopic (exact) mass is 202 g/mol. The van der Waals surface area contributed by atoms with Crippen LogP contribution in [0.1, 0.15) is 16.8 Å². The second kappa shape index (κ2) is 3.87. The molecule has 3 heteroatoms. The number of aryl methyl sites for hydroxylation is 1. The molecule has 0 unspecified atom stereocenters. The molecule has 3 nitrogen and oxygen atoms in total. The average molecular weight is 202 g/mol. The van der Waals surface area contributed by atoms with Gasteiger partial charge < -0.3 is 10.2 Å². The summed E-state index contributed by atoms with van der Waals surface area (Å²) in [6.07, 6.45) is 1.61. The molecule has 1 heterocycles. The first-order chi connectivity index (χ1) is 7.22. The molecule has 0 atom stereocenters. The quantitative estimate of drug-likeness (QED) is 0.813. The molecule has 2 aromatic rings. The highest BCUT2D eigenvalue weighted by Gasteiger charge is 2.09. The Kier molecular flexibility index (Phi) is 2.56. The highest BCUT2D eigenvalue weighted by molar-refractivity contribution is 5.60. The van der Waals surface area contributed by atoms with Crippen LogP contribution in [0.5, 0.6) is 0 Å². The van der Waals surface area contributed by atoms with Crippen molar-refractivity contribution in [3.8, 4) is 11.5 Å². The van der Waals surface area contributed by atoms with Crippen LogP contribution in [-0.2, 0) is 6.54 Å². The second-order valence-corrected chi connectivity index (χ2v) is 3.60. The number of nitrogens with two attached hydrogens (primary N) is 1. The minimum atomic E-state index is 0.411. The Hall–Kier alpha value is -1.61. The summed E-state index contributed by atoms with van der Waals surface area (Å²) < 4.78 is 5.39. The lowest BCUT2D eigenvalue weighted by Crippen LogP contribution is -1.96. The number of aromatic nitrogens is 1. The van der Waals surface area contributed by atoms with Crippen LogP contribution in [0.15, 0.2) is 28.9 Å². The molecule has 2 N–H and O–H groups in total. The molecule has 0 saturated carbocycles. The summed E-state index contributed by atoms with van der Waals surface area (Å²) in [5.41, 5.74) is 9.74. The van der Waals surface area contributed by atoms with Crippen molar-refractivity contribution in [2.24, 2.45) is 5.73 Å². The van der Waals surface area contributed by atoms with E-state index in [-0.39, 0.29) is 0 Å². The molecule has 1 aromatic carbocycles. The Morgan fingerprint density at radius 1 is 1.33 bits per heavy atom. The highest BCUT2D eigenvalue weighted by Crippen LogP contribution is 2.24. The predicted octanol–water partition coefficient (Wildman–Crippen LogP) is 2.42. The van der Waals surface area contributed by atoms with E-state index in [0.717, 1.165) is 11.3 Å². The smallest absolute Gasteiger partial charge is 0.226 e. The van der Waals surface area contributed by atoms with Gasteiger partial charge in [0.15, 0.2) is 0 Å². The van der Waals surface area contributed by atoms with Crippen molar-refractivity contribution < 1.29 is 4.42 Å². The Morgan fingerprint density at radius 3 is 2.80 bits per heavy atom. The van der Waals surface area contributed by atoms with Gasteiger partial charge in [-0.05, 0) is 31.0 Å². The molecule has 0 aliphatic heterocycles. The van der Waals surface area contributed by atoms with Crippen molar-refractivity contribution in [3.63, 3.8) is 0 Å². The van der Waals surface area contributed by atoms with Crippen molar-refractivity contribution in [1.82, 2.24) is 4.98 Å². The van der Waals surface area contributed by atoms with Gasteiger partial charge in [-0.15, -0.1) is 0 Å². The SMILES string of the molecule is Cc1cccc(-c2nc(CN)co2)c1C. The maximum atomic E-state index is 5.49. The predicted molar refractivity (Wildman–Crippen MR) is 59.3 cm³/mol. The lowest BCUT2D eigenvalue weighted by atomic mass is 10.0. The number of rotatable bonds is 2. The zero-order chi connectivity index (χ0) is 10.8. The molecule has 0 spiro atoms. The summed E-state index contributed by atoms with van der Waals surface area (Å²) in [7, 11) is 0. The fraction of sp³-hybridized carbons (Fsp3) is 0.250. The molecule has 1 aromatic heterocycles. The van der Waals surface area contributed by atoms with Gasteiger partial charge in [-0.25, -0.2) is 4.98 Å². The molecule has 0 fully saturated rings. The zero-order valence-electron chi connectivity index (χ0n) is 8.95. The second-order valence-electron chi connectivity index (χ2n) is 3.60. The molecule has 0 saturated heterocycles. The van der Waals surface area contributed by atoms with Gasteiger partial charge in [0.05, 0.1) is 5.69 Å². The van der Waals surface area contributed by atoms with Crippen LogP contribution in [-0.4, -0.2) is 4.98 Å². The first-order valence-corrected chi connectivity index (χ1v) is 4.93. The number of hydrogen-bond donors (Lipinski definition) is 1. The Balaban J connectivity index is 2.49. The van der Waals surface area contributed by atoms with Crippen molar-refractivity contribution >= 4 is 0 Å². The van der Waals surface area contributed by atoms with E-state index >= 15 is 0 Å². The Bertz CT molecular complexity index is 474. The molecule has 0 radical (unpaired) electrons. The van der Waals surface area contributed by atoms with Crippen LogP contribution in [0.3, 0.4) is 0 Å². The summed E-state index contributed by atoms with van der Waals surface area (Å²) in [5, 5.41) is 0. The van der Waals surface area contributed by atoms with Crippen LogP contribution in [0.25, 0.3) is 11.5 Å². The number of hydrogen-bond acceptors (Lipinski definition) is 3. The topological polar surface area (TPSA) is 52.0 Å². The fourth-order valence-electron chi connectivity index (χ4n) is 1.51. The van der Waals surface area contributed by atoms with E-state index in [1.54, 1.807) is 6.26 Å². The zero-order valence-corrected chi connectivity index (χ0v) is 8.95. The molecule has 2 rings (SSSR count). The maximum Gasteiger partial charge on any atom is 0.226 e. The largest absolute Gasteiger partial charge is 0.444 e. The molecular weight excluding hydrogens is 188 g/mol. The summed E-state index contributed by atoms with van der Waals surface area (Å²) in [5.74, 6) is 0.650. The summed E-state index contributed by atoms with van der Waals surface area (Å²) in [6, 6.07) is 6.09. The van der Waals surface area contributed by atoms with Crippen molar-refractivity contribution in [2.75, 3.05) is 0 Å². The molecule has 15 heavy (non-hydrogen) atoms. The highest BCUT2D eigenvalue weighted by atomic mass is 16.3. The van der Waals surface area contributed by atoms with E-state index in [0.29, 0.717) is 12.4 Å². The van der Waals surface area contributed by atoms with Gasteiger partial charge in [-0.3, -0.25) is 0 Å². The standard InChI is InChI=1S/C12H14N2O/c1-8-4-3-5-11(9(8)2)12-14-10(6-13)7-15-12/h3-5,7H,6,13H2,1-2H3. The van der Waals surface area contributed by atoms with E-state index < -0.39 is 0 Å². The van der Waals surface area contributed by atoms with Crippen molar-refractivity contribution in [1.29, 1.82) is 0 Å². The van der Waals surface area contributed by atoms with Gasteiger partial charge in [0.2, 0.25) is 5.89 Å². The van der Waals surface area contributed by atoms with Crippen molar-refractivity contribution in [3.05, 3.63) is 41.3 Å². The number of nitrogens with zero attached hydrogens (tertiary/aromatic N) is 1. The van der Waals surface area contributed by atoms with Gasteiger partial charge in [0.1, 0.15) is 6.26 Å². The Labute approximate surface area is 88.9 Å². The summed E-state index contributed by atoms with van der Waals surface area (Å²) in [6.45, 7) is 4.55. The lowest BCUT2D eigenvalue weighted by Gasteiger charge is -2.03. The van der Waals surface area contributed by atoms with Crippen LogP contribution in [0.4, 0.5) is 0 Å². The van der Waals surface area contributed by atoms with E-state index in [1.807, 2.05) is 12.1 Å². The molecule has 0 aliphatic rings. The van der Waals surface area contributed by atoms with Crippen LogP contribution in [0, 0.1) is 13.8 Å². The van der Waals surface area contributed by atoms with E-state index in [1.165, 1.54) is 11.1 Å². The molecule has 0 amide bonds. The number of oxazole rings is 1. The van der Waals surface area contributed by atoms with Gasteiger partial charge in [-0.1, -0.05) is 12.1 Å². The van der Waals surface area contributed by atoms with Crippen LogP contribution >= 0.6 is 0 Å². The Morgan fingerprint density at radius 2 is 2.13 bits per heavy atom. The lowest BCUT2D eigenvalue weighted by molar-refractivity contribution is 0.572. The first kappa shape index (κ1) is 9.93. The van der Waals surface area contributed by atoms with Gasteiger partial charge in [-0.2, -0.15) is 0 Å². The van der Waals surface area contributed by atoms with Crippen molar-refractivity contribution in [2.45, 2.75) is 20.4 Å². The third-order valence-corrected chi connectivity index (χ3v) is 2.60. The van der Waals surface area contributed by atoms with Crippen LogP contribution in [0.2, 0.25) is 0 Å². The fourth-order valence-corrected chi connectivity index (χ4v) is 1.51. The first-order valence-electron chi connectivity index (χ1n) is 4.93. The summed E-state index contributed by atoms with van der Waals surface area (Å²) >= 11 is 0. The van der Waals surface area contributed by atoms with E-state index in [4.69, 9.17) is 10.2 Å². The minimum Gasteiger partial charge on any atom is -0.444 e. The van der Waals surface area contributed by atoms with E-state index in [9.17, 15) is 0 Å². The maximum absolute atomic E-state index is 5.49. The molecular formula is C12H14N2O. The van der Waals surface area contributed by atoms with Gasteiger partial charge in [0, 0.05) is 12.1 Å². The van der Waals surface area contributed by atoms with Gasteiger partial charge in [0.25, 0.3) is 0 Å². The molecule has 0 aliphatic carbocycles. The average Bonchev–Trinajstić information content (AvgIpc) is 2.70.